The van der Waals surface area contributed by atoms with Gasteiger partial charge in [0.2, 0.25) is 0 Å². The summed E-state index contributed by atoms with van der Waals surface area (Å²) in [5, 5.41) is 0.804. The van der Waals surface area contributed by atoms with Gasteiger partial charge in [-0.3, -0.25) is 14.6 Å². The number of Topliss-reactive ketones (excluding diaryl/α,β-unsaturated/α-hetero) is 1. The monoisotopic (exact) mass is 548 g/mol. The third kappa shape index (κ3) is 5.51. The summed E-state index contributed by atoms with van der Waals surface area (Å²) in [5.74, 6) is -0.429. The van der Waals surface area contributed by atoms with E-state index in [1.807, 2.05) is 30.9 Å². The SMILES string of the molecule is Cc1cc2c(cn1)cc(-c1cc(CC(=O)c3cc(N4CCC(N)CC4)cc(C(F)(F)F)c3)ccc1C)c(=O)n2C. The Morgan fingerprint density at radius 2 is 1.75 bits per heavy atom. The lowest BCUT2D eigenvalue weighted by molar-refractivity contribution is -0.137. The molecule has 4 aromatic rings. The fraction of sp³-hybridized carbons (Fsp3) is 0.323. The van der Waals surface area contributed by atoms with Gasteiger partial charge in [-0.25, -0.2) is 0 Å². The van der Waals surface area contributed by atoms with Crippen molar-refractivity contribution in [2.24, 2.45) is 12.8 Å². The fourth-order valence-electron chi connectivity index (χ4n) is 5.29. The molecule has 0 radical (unpaired) electrons. The van der Waals surface area contributed by atoms with Crippen molar-refractivity contribution in [3.05, 3.63) is 93.0 Å². The molecule has 5 rings (SSSR count). The highest BCUT2D eigenvalue weighted by atomic mass is 19.4. The quantitative estimate of drug-likeness (QED) is 0.329. The van der Waals surface area contributed by atoms with Crippen LogP contribution in [0.3, 0.4) is 0 Å². The third-order valence-corrected chi connectivity index (χ3v) is 7.67. The second kappa shape index (κ2) is 10.5. The van der Waals surface area contributed by atoms with Gasteiger partial charge in [0.1, 0.15) is 0 Å². The minimum absolute atomic E-state index is 0.00452. The molecule has 9 heteroatoms. The maximum absolute atomic E-state index is 13.8. The largest absolute Gasteiger partial charge is 0.416 e. The molecule has 3 heterocycles. The van der Waals surface area contributed by atoms with E-state index in [2.05, 4.69) is 4.98 Å². The molecule has 1 saturated heterocycles. The number of fused-ring (bicyclic) bond motifs is 1. The predicted octanol–water partition coefficient (Wildman–Crippen LogP) is 5.59. The highest BCUT2D eigenvalue weighted by molar-refractivity contribution is 5.99. The summed E-state index contributed by atoms with van der Waals surface area (Å²) in [6.45, 7) is 4.81. The maximum atomic E-state index is 13.8. The molecule has 2 aromatic heterocycles. The van der Waals surface area contributed by atoms with Crippen LogP contribution >= 0.6 is 0 Å². The molecule has 0 amide bonds. The van der Waals surface area contributed by atoms with Crippen LogP contribution < -0.4 is 16.2 Å². The lowest BCUT2D eigenvalue weighted by atomic mass is 9.94. The van der Waals surface area contributed by atoms with E-state index in [9.17, 15) is 22.8 Å². The second-order valence-corrected chi connectivity index (χ2v) is 10.6. The Kier molecular flexibility index (Phi) is 7.27. The number of ketones is 1. The van der Waals surface area contributed by atoms with Crippen molar-refractivity contribution in [2.75, 3.05) is 18.0 Å². The first-order chi connectivity index (χ1) is 18.9. The Labute approximate surface area is 230 Å². The van der Waals surface area contributed by atoms with Gasteiger partial charge in [0.05, 0.1) is 11.1 Å². The molecule has 2 aromatic carbocycles. The number of pyridine rings is 2. The number of benzene rings is 2. The maximum Gasteiger partial charge on any atom is 0.416 e. The summed E-state index contributed by atoms with van der Waals surface area (Å²) >= 11 is 0. The molecule has 0 unspecified atom stereocenters. The van der Waals surface area contributed by atoms with Gasteiger partial charge in [-0.15, -0.1) is 0 Å². The van der Waals surface area contributed by atoms with Crippen LogP contribution in [0.15, 0.2) is 59.5 Å². The van der Waals surface area contributed by atoms with Crippen molar-refractivity contribution in [2.45, 2.75) is 45.3 Å². The molecule has 0 bridgehead atoms. The number of nitrogens with two attached hydrogens (primary N) is 1. The van der Waals surface area contributed by atoms with E-state index in [1.54, 1.807) is 36.0 Å². The Bertz CT molecular complexity index is 1670. The Balaban J connectivity index is 1.50. The Morgan fingerprint density at radius 1 is 1.02 bits per heavy atom. The summed E-state index contributed by atoms with van der Waals surface area (Å²) in [5.41, 5.74) is 9.47. The van der Waals surface area contributed by atoms with E-state index in [0.29, 0.717) is 48.3 Å². The Morgan fingerprint density at radius 3 is 2.45 bits per heavy atom. The molecule has 1 aliphatic rings. The van der Waals surface area contributed by atoms with Crippen LogP contribution in [0.2, 0.25) is 0 Å². The van der Waals surface area contributed by atoms with Gasteiger partial charge >= 0.3 is 6.18 Å². The zero-order valence-electron chi connectivity index (χ0n) is 22.7. The third-order valence-electron chi connectivity index (χ3n) is 7.67. The van der Waals surface area contributed by atoms with Gasteiger partial charge in [-0.2, -0.15) is 13.2 Å². The van der Waals surface area contributed by atoms with Gasteiger partial charge in [0, 0.05) is 66.7 Å². The second-order valence-electron chi connectivity index (χ2n) is 10.6. The van der Waals surface area contributed by atoms with Crippen LogP contribution in [0.4, 0.5) is 18.9 Å². The first-order valence-corrected chi connectivity index (χ1v) is 13.2. The first-order valence-electron chi connectivity index (χ1n) is 13.2. The standard InChI is InChI=1S/C31H31F3N4O2/c1-18-4-5-20(11-26(18)27-15-22-17-36-19(2)10-28(22)37(3)30(27)40)12-29(39)21-13-23(31(32,33)34)16-25(14-21)38-8-6-24(35)7-9-38/h4-5,10-11,13-17,24H,6-9,12,35H2,1-3H3. The molecule has 0 atom stereocenters. The molecule has 40 heavy (non-hydrogen) atoms. The van der Waals surface area contributed by atoms with Crippen molar-refractivity contribution < 1.29 is 18.0 Å². The predicted molar refractivity (Wildman–Crippen MR) is 151 cm³/mol. The van der Waals surface area contributed by atoms with E-state index in [4.69, 9.17) is 5.73 Å². The van der Waals surface area contributed by atoms with Crippen LogP contribution in [0.5, 0.6) is 0 Å². The highest BCUT2D eigenvalue weighted by Crippen LogP contribution is 2.34. The number of aromatic nitrogens is 2. The number of hydrogen-bond donors (Lipinski definition) is 1. The number of aryl methyl sites for hydroxylation is 3. The molecule has 0 aliphatic carbocycles. The highest BCUT2D eigenvalue weighted by Gasteiger charge is 2.32. The Hall–Kier alpha value is -3.98. The summed E-state index contributed by atoms with van der Waals surface area (Å²) in [7, 11) is 1.71. The average molecular weight is 549 g/mol. The van der Waals surface area contributed by atoms with Gasteiger partial charge < -0.3 is 15.2 Å². The molecule has 0 spiro atoms. The molecule has 6 nitrogen and oxygen atoms in total. The average Bonchev–Trinajstić information content (AvgIpc) is 2.92. The van der Waals surface area contributed by atoms with E-state index in [0.717, 1.165) is 34.3 Å². The zero-order chi connectivity index (χ0) is 28.8. The van der Waals surface area contributed by atoms with E-state index >= 15 is 0 Å². The number of anilines is 1. The number of piperidine rings is 1. The number of hydrogen-bond acceptors (Lipinski definition) is 5. The summed E-state index contributed by atoms with van der Waals surface area (Å²) in [6, 6.07) is 12.6. The molecule has 1 fully saturated rings. The molecule has 1 aliphatic heterocycles. The molecular weight excluding hydrogens is 517 g/mol. The van der Waals surface area contributed by atoms with Crippen molar-refractivity contribution in [3.8, 4) is 11.1 Å². The normalized spacial score (nSPS) is 14.6. The number of rotatable bonds is 5. The van der Waals surface area contributed by atoms with Crippen LogP contribution in [0.25, 0.3) is 22.0 Å². The van der Waals surface area contributed by atoms with E-state index < -0.39 is 17.5 Å². The van der Waals surface area contributed by atoms with Crippen molar-refractivity contribution in [1.29, 1.82) is 0 Å². The summed E-state index contributed by atoms with van der Waals surface area (Å²) < 4.78 is 42.9. The van der Waals surface area contributed by atoms with E-state index in [-0.39, 0.29) is 23.6 Å². The molecule has 2 N–H and O–H groups in total. The number of nitrogens with zero attached hydrogens (tertiary/aromatic N) is 3. The minimum atomic E-state index is -4.59. The summed E-state index contributed by atoms with van der Waals surface area (Å²) in [4.78, 5) is 32.9. The topological polar surface area (TPSA) is 81.2 Å². The van der Waals surface area contributed by atoms with E-state index in [1.165, 1.54) is 6.07 Å². The fourth-order valence-corrected chi connectivity index (χ4v) is 5.29. The lowest BCUT2D eigenvalue weighted by Gasteiger charge is -2.32. The van der Waals surface area contributed by atoms with Crippen LogP contribution in [0.1, 0.15) is 45.6 Å². The van der Waals surface area contributed by atoms with Crippen LogP contribution in [-0.4, -0.2) is 34.5 Å². The van der Waals surface area contributed by atoms with Gasteiger partial charge in [0.15, 0.2) is 5.78 Å². The van der Waals surface area contributed by atoms with Crippen molar-refractivity contribution in [3.63, 3.8) is 0 Å². The molecule has 0 saturated carbocycles. The molecule has 208 valence electrons. The van der Waals surface area contributed by atoms with Gasteiger partial charge in [0.25, 0.3) is 5.56 Å². The minimum Gasteiger partial charge on any atom is -0.371 e. The number of carbonyl (C=O) groups excluding carboxylic acids is 1. The number of alkyl halides is 3. The van der Waals surface area contributed by atoms with Crippen LogP contribution in [-0.2, 0) is 19.6 Å². The summed E-state index contributed by atoms with van der Waals surface area (Å²) in [6.07, 6.45) is -1.62. The van der Waals surface area contributed by atoms with Crippen molar-refractivity contribution >= 4 is 22.4 Å². The van der Waals surface area contributed by atoms with Gasteiger partial charge in [-0.1, -0.05) is 18.2 Å². The lowest BCUT2D eigenvalue weighted by Crippen LogP contribution is -2.39. The van der Waals surface area contributed by atoms with Gasteiger partial charge in [-0.05, 0) is 73.7 Å². The van der Waals surface area contributed by atoms with Crippen LogP contribution in [0, 0.1) is 13.8 Å². The molecular formula is C31H31F3N4O2. The first kappa shape index (κ1) is 27.6. The van der Waals surface area contributed by atoms with Crippen molar-refractivity contribution in [1.82, 2.24) is 9.55 Å². The number of carbonyl (C=O) groups is 1. The number of halogens is 3. The smallest absolute Gasteiger partial charge is 0.371 e. The zero-order valence-corrected chi connectivity index (χ0v) is 22.7.